The molecule has 96 valence electrons. The predicted octanol–water partition coefficient (Wildman–Crippen LogP) is 0.587. The van der Waals surface area contributed by atoms with Gasteiger partial charge in [-0.25, -0.2) is 13.1 Å². The van der Waals surface area contributed by atoms with E-state index in [0.29, 0.717) is 16.8 Å². The van der Waals surface area contributed by atoms with Gasteiger partial charge in [0.25, 0.3) is 5.56 Å². The summed E-state index contributed by atoms with van der Waals surface area (Å²) in [6.07, 6.45) is 0. The summed E-state index contributed by atoms with van der Waals surface area (Å²) in [5, 5.41) is 5.13. The second-order valence-corrected chi connectivity index (χ2v) is 5.64. The summed E-state index contributed by atoms with van der Waals surface area (Å²) in [5.74, 6) is 0. The van der Waals surface area contributed by atoms with Crippen molar-refractivity contribution in [2.45, 2.75) is 11.8 Å². The highest BCUT2D eigenvalue weighted by Crippen LogP contribution is 2.26. The number of H-pyrrole nitrogens is 2. The number of nitrogens with one attached hydrogen (secondary N) is 3. The maximum atomic E-state index is 11.9. The van der Waals surface area contributed by atoms with Gasteiger partial charge < -0.3 is 0 Å². The SMILES string of the molecule is CNS(=O)(=O)c1ccccc1-c1[nH][nH]c(=O)c1C. The lowest BCUT2D eigenvalue weighted by Crippen LogP contribution is -2.19. The molecule has 0 radical (unpaired) electrons. The van der Waals surface area contributed by atoms with E-state index in [4.69, 9.17) is 0 Å². The standard InChI is InChI=1S/C11H13N3O3S/c1-7-10(13-14-11(7)15)8-5-3-4-6-9(8)18(16,17)12-2/h3-6,12H,1-2H3,(H2,13,14,15). The molecular weight excluding hydrogens is 254 g/mol. The van der Waals surface area contributed by atoms with Gasteiger partial charge >= 0.3 is 0 Å². The number of sulfonamides is 1. The van der Waals surface area contributed by atoms with E-state index in [0.717, 1.165) is 0 Å². The quantitative estimate of drug-likeness (QED) is 0.759. The van der Waals surface area contributed by atoms with Crippen LogP contribution in [-0.4, -0.2) is 25.7 Å². The molecule has 0 spiro atoms. The molecule has 6 nitrogen and oxygen atoms in total. The summed E-state index contributed by atoms with van der Waals surface area (Å²) < 4.78 is 26.1. The average molecular weight is 267 g/mol. The van der Waals surface area contributed by atoms with Crippen LogP contribution < -0.4 is 10.3 Å². The van der Waals surface area contributed by atoms with Gasteiger partial charge in [0.2, 0.25) is 10.0 Å². The van der Waals surface area contributed by atoms with E-state index >= 15 is 0 Å². The van der Waals surface area contributed by atoms with Crippen molar-refractivity contribution in [1.29, 1.82) is 0 Å². The Kier molecular flexibility index (Phi) is 3.10. The molecule has 0 saturated heterocycles. The van der Waals surface area contributed by atoms with Gasteiger partial charge in [0.05, 0.1) is 10.6 Å². The van der Waals surface area contributed by atoms with Crippen LogP contribution in [0.4, 0.5) is 0 Å². The van der Waals surface area contributed by atoms with Crippen LogP contribution in [0.5, 0.6) is 0 Å². The Bertz CT molecular complexity index is 728. The zero-order valence-electron chi connectivity index (χ0n) is 9.94. The van der Waals surface area contributed by atoms with Crippen molar-refractivity contribution in [3.63, 3.8) is 0 Å². The molecule has 18 heavy (non-hydrogen) atoms. The molecular formula is C11H13N3O3S. The van der Waals surface area contributed by atoms with E-state index in [2.05, 4.69) is 14.9 Å². The Morgan fingerprint density at radius 2 is 1.83 bits per heavy atom. The van der Waals surface area contributed by atoms with E-state index in [1.165, 1.54) is 13.1 Å². The van der Waals surface area contributed by atoms with Gasteiger partial charge in [-0.1, -0.05) is 18.2 Å². The molecule has 1 aromatic carbocycles. The number of benzene rings is 1. The lowest BCUT2D eigenvalue weighted by molar-refractivity contribution is 0.588. The number of aromatic nitrogens is 2. The van der Waals surface area contributed by atoms with E-state index in [1.54, 1.807) is 25.1 Å². The summed E-state index contributed by atoms with van der Waals surface area (Å²) in [4.78, 5) is 11.5. The molecule has 0 atom stereocenters. The third-order valence-corrected chi connectivity index (χ3v) is 4.20. The topological polar surface area (TPSA) is 94.8 Å². The van der Waals surface area contributed by atoms with Crippen LogP contribution in [0.15, 0.2) is 34.0 Å². The largest absolute Gasteiger partial charge is 0.297 e. The first kappa shape index (κ1) is 12.6. The molecule has 1 heterocycles. The number of hydrogen-bond acceptors (Lipinski definition) is 3. The normalized spacial score (nSPS) is 11.7. The Balaban J connectivity index is 2.74. The van der Waals surface area contributed by atoms with Crippen LogP contribution in [0, 0.1) is 6.92 Å². The van der Waals surface area contributed by atoms with Crippen LogP contribution in [0.2, 0.25) is 0 Å². The summed E-state index contributed by atoms with van der Waals surface area (Å²) >= 11 is 0. The molecule has 7 heteroatoms. The zero-order valence-corrected chi connectivity index (χ0v) is 10.8. The second kappa shape index (κ2) is 4.43. The van der Waals surface area contributed by atoms with Crippen LogP contribution in [0.3, 0.4) is 0 Å². The van der Waals surface area contributed by atoms with E-state index < -0.39 is 10.0 Å². The number of aromatic amines is 2. The third kappa shape index (κ3) is 1.98. The zero-order chi connectivity index (χ0) is 13.3. The Labute approximate surface area is 104 Å². The molecule has 0 bridgehead atoms. The van der Waals surface area contributed by atoms with Crippen molar-refractivity contribution in [2.24, 2.45) is 0 Å². The fraction of sp³-hybridized carbons (Fsp3) is 0.182. The molecule has 0 aliphatic carbocycles. The molecule has 0 aliphatic rings. The molecule has 0 amide bonds. The van der Waals surface area contributed by atoms with Gasteiger partial charge in [0.15, 0.2) is 0 Å². The summed E-state index contributed by atoms with van der Waals surface area (Å²) in [5.41, 5.74) is 1.13. The number of hydrogen-bond donors (Lipinski definition) is 3. The maximum Gasteiger partial charge on any atom is 0.267 e. The van der Waals surface area contributed by atoms with E-state index in [9.17, 15) is 13.2 Å². The first-order valence-corrected chi connectivity index (χ1v) is 6.76. The summed E-state index contributed by atoms with van der Waals surface area (Å²) in [6, 6.07) is 6.49. The van der Waals surface area contributed by atoms with E-state index in [1.807, 2.05) is 0 Å². The highest BCUT2D eigenvalue weighted by Gasteiger charge is 2.19. The Morgan fingerprint density at radius 3 is 2.39 bits per heavy atom. The van der Waals surface area contributed by atoms with Crippen molar-refractivity contribution in [2.75, 3.05) is 7.05 Å². The fourth-order valence-corrected chi connectivity index (χ4v) is 2.64. The Hall–Kier alpha value is -1.86. The fourth-order valence-electron chi connectivity index (χ4n) is 1.71. The van der Waals surface area contributed by atoms with Gasteiger partial charge in [-0.15, -0.1) is 0 Å². The molecule has 2 aromatic rings. The molecule has 0 fully saturated rings. The summed E-state index contributed by atoms with van der Waals surface area (Å²) in [6.45, 7) is 1.63. The maximum absolute atomic E-state index is 11.9. The molecule has 1 aromatic heterocycles. The van der Waals surface area contributed by atoms with Gasteiger partial charge in [0, 0.05) is 11.1 Å². The van der Waals surface area contributed by atoms with Gasteiger partial charge in [0.1, 0.15) is 0 Å². The molecule has 0 saturated carbocycles. The summed E-state index contributed by atoms with van der Waals surface area (Å²) in [7, 11) is -2.22. The first-order valence-electron chi connectivity index (χ1n) is 5.27. The van der Waals surface area contributed by atoms with Gasteiger partial charge in [-0.2, -0.15) is 0 Å². The monoisotopic (exact) mass is 267 g/mol. The first-order chi connectivity index (χ1) is 8.47. The predicted molar refractivity (Wildman–Crippen MR) is 67.8 cm³/mol. The highest BCUT2D eigenvalue weighted by molar-refractivity contribution is 7.89. The molecule has 0 aliphatic heterocycles. The third-order valence-electron chi connectivity index (χ3n) is 2.73. The van der Waals surface area contributed by atoms with E-state index in [-0.39, 0.29) is 10.5 Å². The minimum Gasteiger partial charge on any atom is -0.297 e. The average Bonchev–Trinajstić information content (AvgIpc) is 2.70. The molecule has 3 N–H and O–H groups in total. The lowest BCUT2D eigenvalue weighted by atomic mass is 10.1. The lowest BCUT2D eigenvalue weighted by Gasteiger charge is -2.08. The van der Waals surface area contributed by atoms with Crippen LogP contribution in [0.25, 0.3) is 11.3 Å². The smallest absolute Gasteiger partial charge is 0.267 e. The van der Waals surface area contributed by atoms with Crippen LogP contribution in [0.1, 0.15) is 5.56 Å². The second-order valence-electron chi connectivity index (χ2n) is 3.78. The van der Waals surface area contributed by atoms with Crippen molar-refractivity contribution >= 4 is 10.0 Å². The minimum atomic E-state index is -3.57. The molecule has 2 rings (SSSR count). The highest BCUT2D eigenvalue weighted by atomic mass is 32.2. The van der Waals surface area contributed by atoms with Crippen LogP contribution in [-0.2, 0) is 10.0 Å². The van der Waals surface area contributed by atoms with Gasteiger partial charge in [-0.05, 0) is 20.0 Å². The number of rotatable bonds is 3. The van der Waals surface area contributed by atoms with Crippen molar-refractivity contribution < 1.29 is 8.42 Å². The van der Waals surface area contributed by atoms with Crippen molar-refractivity contribution in [1.82, 2.24) is 14.9 Å². The van der Waals surface area contributed by atoms with Gasteiger partial charge in [-0.3, -0.25) is 15.0 Å². The van der Waals surface area contributed by atoms with Crippen molar-refractivity contribution in [3.05, 3.63) is 40.2 Å². The minimum absolute atomic E-state index is 0.130. The Morgan fingerprint density at radius 1 is 1.17 bits per heavy atom. The van der Waals surface area contributed by atoms with Crippen LogP contribution >= 0.6 is 0 Å². The van der Waals surface area contributed by atoms with Crippen molar-refractivity contribution in [3.8, 4) is 11.3 Å². The molecule has 0 unspecified atom stereocenters.